The number of nitriles is 1. The molecule has 0 atom stereocenters. The number of thiophene rings is 1. The Morgan fingerprint density at radius 3 is 3.06 bits per heavy atom. The standard InChI is InChI=1S/C12H13NO2S/c1-2-3-5-15-12(14)11(8-13)7-10-4-6-16-9-10/h4,6-7,9H,2-3,5H2,1H3. The molecule has 3 nitrogen and oxygen atoms in total. The van der Waals surface area contributed by atoms with Crippen LogP contribution in [0.15, 0.2) is 22.4 Å². The first-order valence-electron chi connectivity index (χ1n) is 5.09. The van der Waals surface area contributed by atoms with Gasteiger partial charge in [0.1, 0.15) is 11.6 Å². The van der Waals surface area contributed by atoms with Gasteiger partial charge in [-0.1, -0.05) is 13.3 Å². The maximum Gasteiger partial charge on any atom is 0.348 e. The normalized spacial score (nSPS) is 10.9. The summed E-state index contributed by atoms with van der Waals surface area (Å²) in [6.45, 7) is 2.39. The summed E-state index contributed by atoms with van der Waals surface area (Å²) in [5.74, 6) is -0.540. The van der Waals surface area contributed by atoms with Gasteiger partial charge in [0.25, 0.3) is 0 Å². The highest BCUT2D eigenvalue weighted by molar-refractivity contribution is 7.08. The van der Waals surface area contributed by atoms with Crippen LogP contribution in [0, 0.1) is 11.3 Å². The molecule has 0 amide bonds. The molecule has 0 spiro atoms. The van der Waals surface area contributed by atoms with E-state index in [1.54, 1.807) is 6.08 Å². The number of hydrogen-bond acceptors (Lipinski definition) is 4. The lowest BCUT2D eigenvalue weighted by atomic mass is 10.2. The van der Waals surface area contributed by atoms with Crippen LogP contribution in [0.3, 0.4) is 0 Å². The van der Waals surface area contributed by atoms with Crippen molar-refractivity contribution in [3.05, 3.63) is 28.0 Å². The number of hydrogen-bond donors (Lipinski definition) is 0. The van der Waals surface area contributed by atoms with Crippen LogP contribution in [0.1, 0.15) is 25.3 Å². The Morgan fingerprint density at radius 2 is 2.50 bits per heavy atom. The van der Waals surface area contributed by atoms with Gasteiger partial charge in [0.05, 0.1) is 6.61 Å². The first-order valence-corrected chi connectivity index (χ1v) is 6.03. The summed E-state index contributed by atoms with van der Waals surface area (Å²) in [7, 11) is 0. The Labute approximate surface area is 99.0 Å². The fourth-order valence-electron chi connectivity index (χ4n) is 1.05. The molecule has 0 radical (unpaired) electrons. The van der Waals surface area contributed by atoms with E-state index in [2.05, 4.69) is 0 Å². The van der Waals surface area contributed by atoms with Crippen LogP contribution in [0.25, 0.3) is 6.08 Å². The van der Waals surface area contributed by atoms with Crippen LogP contribution >= 0.6 is 11.3 Å². The topological polar surface area (TPSA) is 50.1 Å². The van der Waals surface area contributed by atoms with Gasteiger partial charge in [0.15, 0.2) is 0 Å². The van der Waals surface area contributed by atoms with Gasteiger partial charge in [-0.25, -0.2) is 4.79 Å². The summed E-state index contributed by atoms with van der Waals surface area (Å²) in [4.78, 5) is 11.5. The highest BCUT2D eigenvalue weighted by Crippen LogP contribution is 2.11. The minimum atomic E-state index is -0.540. The van der Waals surface area contributed by atoms with Gasteiger partial charge in [-0.2, -0.15) is 16.6 Å². The van der Waals surface area contributed by atoms with Crippen molar-refractivity contribution in [1.82, 2.24) is 0 Å². The Hall–Kier alpha value is -1.60. The third-order valence-electron chi connectivity index (χ3n) is 1.93. The molecule has 0 unspecified atom stereocenters. The zero-order valence-corrected chi connectivity index (χ0v) is 9.92. The lowest BCUT2D eigenvalue weighted by Crippen LogP contribution is -2.07. The van der Waals surface area contributed by atoms with E-state index in [9.17, 15) is 4.79 Å². The molecule has 0 N–H and O–H groups in total. The Morgan fingerprint density at radius 1 is 1.69 bits per heavy atom. The van der Waals surface area contributed by atoms with Crippen molar-refractivity contribution < 1.29 is 9.53 Å². The van der Waals surface area contributed by atoms with Gasteiger partial charge in [-0.15, -0.1) is 0 Å². The summed E-state index contributed by atoms with van der Waals surface area (Å²) in [6, 6.07) is 3.71. The molecule has 1 rings (SSSR count). The highest BCUT2D eigenvalue weighted by atomic mass is 32.1. The Bertz CT molecular complexity index is 401. The fraction of sp³-hybridized carbons (Fsp3) is 0.333. The second kappa shape index (κ2) is 6.81. The molecule has 1 heterocycles. The van der Waals surface area contributed by atoms with Crippen LogP contribution in [0.5, 0.6) is 0 Å². The average molecular weight is 235 g/mol. The zero-order valence-electron chi connectivity index (χ0n) is 9.10. The minimum absolute atomic E-state index is 0.0505. The number of unbranched alkanes of at least 4 members (excludes halogenated alkanes) is 1. The molecule has 0 aliphatic rings. The summed E-state index contributed by atoms with van der Waals surface area (Å²) >= 11 is 1.52. The van der Waals surface area contributed by atoms with Crippen molar-refractivity contribution in [3.8, 4) is 6.07 Å². The van der Waals surface area contributed by atoms with Gasteiger partial charge in [-0.3, -0.25) is 0 Å². The molecule has 4 heteroatoms. The quantitative estimate of drug-likeness (QED) is 0.341. The van der Waals surface area contributed by atoms with Crippen molar-refractivity contribution in [2.45, 2.75) is 19.8 Å². The molecule has 1 aromatic heterocycles. The second-order valence-electron chi connectivity index (χ2n) is 3.22. The predicted octanol–water partition coefficient (Wildman–Crippen LogP) is 3.00. The molecule has 0 aliphatic carbocycles. The van der Waals surface area contributed by atoms with Gasteiger partial charge in [0, 0.05) is 0 Å². The SMILES string of the molecule is CCCCOC(=O)C(C#N)=Cc1ccsc1. The maximum atomic E-state index is 11.5. The van der Waals surface area contributed by atoms with E-state index in [1.165, 1.54) is 11.3 Å². The molecular formula is C12H13NO2S. The van der Waals surface area contributed by atoms with Crippen molar-refractivity contribution in [1.29, 1.82) is 5.26 Å². The number of rotatable bonds is 5. The molecule has 0 aromatic carbocycles. The molecule has 0 fully saturated rings. The maximum absolute atomic E-state index is 11.5. The molecule has 0 bridgehead atoms. The largest absolute Gasteiger partial charge is 0.462 e. The zero-order chi connectivity index (χ0) is 11.8. The van der Waals surface area contributed by atoms with Gasteiger partial charge >= 0.3 is 5.97 Å². The van der Waals surface area contributed by atoms with Crippen molar-refractivity contribution in [2.75, 3.05) is 6.61 Å². The van der Waals surface area contributed by atoms with Crippen molar-refractivity contribution in [3.63, 3.8) is 0 Å². The lowest BCUT2D eigenvalue weighted by molar-refractivity contribution is -0.138. The first kappa shape index (κ1) is 12.5. The Balaban J connectivity index is 2.61. The monoisotopic (exact) mass is 235 g/mol. The molecule has 16 heavy (non-hydrogen) atoms. The van der Waals surface area contributed by atoms with E-state index in [0.29, 0.717) is 6.61 Å². The second-order valence-corrected chi connectivity index (χ2v) is 4.00. The average Bonchev–Trinajstić information content (AvgIpc) is 2.78. The van der Waals surface area contributed by atoms with Crippen molar-refractivity contribution >= 4 is 23.4 Å². The smallest absolute Gasteiger partial charge is 0.348 e. The minimum Gasteiger partial charge on any atom is -0.462 e. The number of carbonyl (C=O) groups excluding carboxylic acids is 1. The predicted molar refractivity (Wildman–Crippen MR) is 63.8 cm³/mol. The van der Waals surface area contributed by atoms with Crippen LogP contribution in [0.2, 0.25) is 0 Å². The summed E-state index contributed by atoms with van der Waals surface area (Å²) in [5.41, 5.74) is 0.906. The first-order chi connectivity index (χ1) is 7.77. The highest BCUT2D eigenvalue weighted by Gasteiger charge is 2.10. The van der Waals surface area contributed by atoms with E-state index < -0.39 is 5.97 Å². The summed E-state index contributed by atoms with van der Waals surface area (Å²) < 4.78 is 4.96. The lowest BCUT2D eigenvalue weighted by Gasteiger charge is -2.01. The molecule has 84 valence electrons. The van der Waals surface area contributed by atoms with E-state index in [1.807, 2.05) is 29.8 Å². The van der Waals surface area contributed by atoms with Crippen LogP contribution in [0.4, 0.5) is 0 Å². The third-order valence-corrected chi connectivity index (χ3v) is 2.63. The third kappa shape index (κ3) is 3.87. The summed E-state index contributed by atoms with van der Waals surface area (Å²) in [5, 5.41) is 12.6. The number of nitrogens with zero attached hydrogens (tertiary/aromatic N) is 1. The Kier molecular flexibility index (Phi) is 5.30. The molecule has 0 saturated heterocycles. The molecule has 0 aliphatic heterocycles. The van der Waals surface area contributed by atoms with E-state index in [4.69, 9.17) is 10.00 Å². The molecule has 0 saturated carbocycles. The number of ether oxygens (including phenoxy) is 1. The van der Waals surface area contributed by atoms with Crippen molar-refractivity contribution in [2.24, 2.45) is 0 Å². The molecular weight excluding hydrogens is 222 g/mol. The van der Waals surface area contributed by atoms with E-state index in [0.717, 1.165) is 18.4 Å². The van der Waals surface area contributed by atoms with Gasteiger partial charge < -0.3 is 4.74 Å². The van der Waals surface area contributed by atoms with Crippen LogP contribution in [-0.2, 0) is 9.53 Å². The fourth-order valence-corrected chi connectivity index (χ4v) is 1.67. The molecule has 1 aromatic rings. The van der Waals surface area contributed by atoms with Gasteiger partial charge in [-0.05, 0) is 34.9 Å². The van der Waals surface area contributed by atoms with Crippen LogP contribution < -0.4 is 0 Å². The summed E-state index contributed by atoms with van der Waals surface area (Å²) in [6.07, 6.45) is 3.33. The van der Waals surface area contributed by atoms with E-state index in [-0.39, 0.29) is 5.57 Å². The van der Waals surface area contributed by atoms with Crippen LogP contribution in [-0.4, -0.2) is 12.6 Å². The number of esters is 1. The van der Waals surface area contributed by atoms with Gasteiger partial charge in [0.2, 0.25) is 0 Å². The number of carbonyl (C=O) groups is 1. The van der Waals surface area contributed by atoms with E-state index >= 15 is 0 Å².